The van der Waals surface area contributed by atoms with Crippen LogP contribution in [-0.4, -0.2) is 59.9 Å². The quantitative estimate of drug-likeness (QED) is 0.201. The van der Waals surface area contributed by atoms with E-state index in [-0.39, 0.29) is 31.2 Å². The van der Waals surface area contributed by atoms with Crippen molar-refractivity contribution in [3.05, 3.63) is 65.5 Å². The highest BCUT2D eigenvalue weighted by Crippen LogP contribution is 2.33. The van der Waals surface area contributed by atoms with Crippen LogP contribution in [0.3, 0.4) is 0 Å². The summed E-state index contributed by atoms with van der Waals surface area (Å²) in [6.45, 7) is 7.89. The SMILES string of the molecule is C[C@@H]1OC(c2ccc(OCCCO)cc2)=N[C@]1(CCC(=O)OC(C)(C)C)C(=O)NNCCc1cccc(F)c1. The van der Waals surface area contributed by atoms with Gasteiger partial charge in [0.05, 0.1) is 6.61 Å². The Morgan fingerprint density at radius 3 is 2.59 bits per heavy atom. The number of esters is 1. The molecule has 9 nitrogen and oxygen atoms in total. The van der Waals surface area contributed by atoms with Gasteiger partial charge in [0.2, 0.25) is 5.90 Å². The summed E-state index contributed by atoms with van der Waals surface area (Å²) in [4.78, 5) is 30.7. The molecule has 1 amide bonds. The van der Waals surface area contributed by atoms with E-state index in [1.807, 2.05) is 0 Å². The van der Waals surface area contributed by atoms with E-state index in [0.717, 1.165) is 5.56 Å². The number of aliphatic imine (C=N–C) groups is 1. The van der Waals surface area contributed by atoms with Gasteiger partial charge in [-0.15, -0.1) is 0 Å². The van der Waals surface area contributed by atoms with E-state index < -0.39 is 29.1 Å². The number of ether oxygens (including phenoxy) is 3. The highest BCUT2D eigenvalue weighted by molar-refractivity contribution is 6.00. The summed E-state index contributed by atoms with van der Waals surface area (Å²) in [5.74, 6) is -0.286. The third-order valence-corrected chi connectivity index (χ3v) is 6.09. The van der Waals surface area contributed by atoms with Crippen molar-refractivity contribution in [2.24, 2.45) is 4.99 Å². The number of rotatable bonds is 13. The van der Waals surface area contributed by atoms with Crippen LogP contribution >= 0.6 is 0 Å². The molecule has 0 saturated carbocycles. The maximum absolute atomic E-state index is 13.5. The molecule has 1 aliphatic heterocycles. The number of hydrogen-bond acceptors (Lipinski definition) is 8. The minimum absolute atomic E-state index is 0.0316. The molecular weight excluding hydrogens is 505 g/mol. The molecule has 10 heteroatoms. The van der Waals surface area contributed by atoms with Crippen LogP contribution in [0.5, 0.6) is 5.75 Å². The zero-order valence-electron chi connectivity index (χ0n) is 23.0. The van der Waals surface area contributed by atoms with Crippen molar-refractivity contribution in [1.82, 2.24) is 10.9 Å². The van der Waals surface area contributed by atoms with E-state index in [4.69, 9.17) is 24.3 Å². The maximum atomic E-state index is 13.5. The first-order valence-electron chi connectivity index (χ1n) is 13.1. The molecule has 2 aromatic carbocycles. The third kappa shape index (κ3) is 8.76. The number of amides is 1. The first-order valence-corrected chi connectivity index (χ1v) is 13.1. The van der Waals surface area contributed by atoms with Crippen molar-refractivity contribution in [3.63, 3.8) is 0 Å². The Bertz CT molecular complexity index is 1150. The van der Waals surface area contributed by atoms with E-state index in [9.17, 15) is 14.0 Å². The lowest BCUT2D eigenvalue weighted by Crippen LogP contribution is -2.55. The molecule has 39 heavy (non-hydrogen) atoms. The fraction of sp³-hybridized carbons (Fsp3) is 0.483. The number of nitrogens with zero attached hydrogens (tertiary/aromatic N) is 1. The van der Waals surface area contributed by atoms with Crippen LogP contribution < -0.4 is 15.6 Å². The highest BCUT2D eigenvalue weighted by Gasteiger charge is 2.50. The van der Waals surface area contributed by atoms with Gasteiger partial charge < -0.3 is 19.3 Å². The van der Waals surface area contributed by atoms with Crippen molar-refractivity contribution in [2.75, 3.05) is 19.8 Å². The van der Waals surface area contributed by atoms with Gasteiger partial charge in [-0.1, -0.05) is 12.1 Å². The molecule has 0 spiro atoms. The van der Waals surface area contributed by atoms with Gasteiger partial charge >= 0.3 is 5.97 Å². The van der Waals surface area contributed by atoms with Crippen LogP contribution in [0.15, 0.2) is 53.5 Å². The summed E-state index contributed by atoms with van der Waals surface area (Å²) < 4.78 is 30.5. The Morgan fingerprint density at radius 1 is 1.18 bits per heavy atom. The number of benzene rings is 2. The van der Waals surface area contributed by atoms with Crippen LogP contribution in [-0.2, 0) is 25.5 Å². The van der Waals surface area contributed by atoms with Crippen LogP contribution in [0.1, 0.15) is 58.1 Å². The Labute approximate surface area is 228 Å². The molecule has 2 aromatic rings. The van der Waals surface area contributed by atoms with E-state index in [2.05, 4.69) is 10.9 Å². The largest absolute Gasteiger partial charge is 0.494 e. The molecule has 0 radical (unpaired) electrons. The average Bonchev–Trinajstić information content (AvgIpc) is 3.22. The zero-order valence-corrected chi connectivity index (χ0v) is 23.0. The molecule has 212 valence electrons. The third-order valence-electron chi connectivity index (χ3n) is 6.09. The average molecular weight is 544 g/mol. The van der Waals surface area contributed by atoms with E-state index >= 15 is 0 Å². The van der Waals surface area contributed by atoms with Gasteiger partial charge in [0.25, 0.3) is 5.91 Å². The van der Waals surface area contributed by atoms with Crippen LogP contribution in [0.4, 0.5) is 4.39 Å². The van der Waals surface area contributed by atoms with Crippen molar-refractivity contribution in [2.45, 2.75) is 70.6 Å². The topological polar surface area (TPSA) is 118 Å². The predicted molar refractivity (Wildman–Crippen MR) is 145 cm³/mol. The second-order valence-electron chi connectivity index (χ2n) is 10.4. The number of nitrogens with one attached hydrogen (secondary N) is 2. The summed E-state index contributed by atoms with van der Waals surface area (Å²) in [5, 5.41) is 8.92. The van der Waals surface area contributed by atoms with Gasteiger partial charge in [-0.05, 0) is 82.5 Å². The van der Waals surface area contributed by atoms with Gasteiger partial charge in [0, 0.05) is 31.6 Å². The minimum Gasteiger partial charge on any atom is -0.494 e. The lowest BCUT2D eigenvalue weighted by atomic mass is 9.88. The lowest BCUT2D eigenvalue weighted by molar-refractivity contribution is -0.155. The van der Waals surface area contributed by atoms with Crippen LogP contribution in [0, 0.1) is 5.82 Å². The van der Waals surface area contributed by atoms with Crippen LogP contribution in [0.25, 0.3) is 0 Å². The first kappa shape index (κ1) is 30.0. The van der Waals surface area contributed by atoms with Crippen molar-refractivity contribution < 1.29 is 33.3 Å². The highest BCUT2D eigenvalue weighted by atomic mass is 19.1. The maximum Gasteiger partial charge on any atom is 0.306 e. The molecule has 0 saturated heterocycles. The van der Waals surface area contributed by atoms with E-state index in [1.165, 1.54) is 12.1 Å². The molecule has 1 heterocycles. The van der Waals surface area contributed by atoms with E-state index in [0.29, 0.717) is 37.3 Å². The Morgan fingerprint density at radius 2 is 1.92 bits per heavy atom. The van der Waals surface area contributed by atoms with Gasteiger partial charge in [-0.2, -0.15) is 0 Å². The zero-order chi connectivity index (χ0) is 28.5. The number of aliphatic hydroxyl groups excluding tert-OH is 1. The Kier molecular flexibility index (Phi) is 10.4. The Hall–Kier alpha value is -3.50. The summed E-state index contributed by atoms with van der Waals surface area (Å²) >= 11 is 0. The fourth-order valence-corrected chi connectivity index (χ4v) is 4.09. The van der Waals surface area contributed by atoms with Gasteiger partial charge in [0.15, 0.2) is 5.54 Å². The number of hydrazine groups is 1. The normalized spacial score (nSPS) is 18.7. The van der Waals surface area contributed by atoms with Crippen molar-refractivity contribution in [3.8, 4) is 5.75 Å². The van der Waals surface area contributed by atoms with Gasteiger partial charge in [-0.3, -0.25) is 15.0 Å². The summed E-state index contributed by atoms with van der Waals surface area (Å²) in [6, 6.07) is 13.3. The summed E-state index contributed by atoms with van der Waals surface area (Å²) in [7, 11) is 0. The number of carbonyl (C=O) groups is 2. The molecule has 0 aromatic heterocycles. The monoisotopic (exact) mass is 543 g/mol. The number of carbonyl (C=O) groups excluding carboxylic acids is 2. The summed E-state index contributed by atoms with van der Waals surface area (Å²) in [6.07, 6.45) is 0.403. The molecule has 3 N–H and O–H groups in total. The smallest absolute Gasteiger partial charge is 0.306 e. The molecular formula is C29H38FN3O6. The molecule has 1 aliphatic rings. The molecule has 0 bridgehead atoms. The molecule has 0 fully saturated rings. The second kappa shape index (κ2) is 13.5. The number of hydrogen-bond donors (Lipinski definition) is 3. The molecule has 0 unspecified atom stereocenters. The number of halogens is 1. The van der Waals surface area contributed by atoms with Crippen molar-refractivity contribution in [1.29, 1.82) is 0 Å². The second-order valence-corrected chi connectivity index (χ2v) is 10.4. The predicted octanol–water partition coefficient (Wildman–Crippen LogP) is 3.48. The Balaban J connectivity index is 1.74. The van der Waals surface area contributed by atoms with Crippen LogP contribution in [0.2, 0.25) is 0 Å². The first-order chi connectivity index (χ1) is 18.5. The molecule has 2 atom stereocenters. The van der Waals surface area contributed by atoms with Gasteiger partial charge in [-0.25, -0.2) is 14.8 Å². The molecule has 3 rings (SSSR count). The molecule has 0 aliphatic carbocycles. The number of aliphatic hydroxyl groups is 1. The lowest BCUT2D eigenvalue weighted by Gasteiger charge is -2.28. The minimum atomic E-state index is -1.38. The van der Waals surface area contributed by atoms with E-state index in [1.54, 1.807) is 64.1 Å². The van der Waals surface area contributed by atoms with Gasteiger partial charge in [0.1, 0.15) is 23.3 Å². The summed E-state index contributed by atoms with van der Waals surface area (Å²) in [5.41, 5.74) is 5.00. The fourth-order valence-electron chi connectivity index (χ4n) is 4.09. The van der Waals surface area contributed by atoms with Crippen molar-refractivity contribution >= 4 is 17.8 Å². The standard InChI is InChI=1S/C29H38FN3O6/c1-20-29(15-13-25(35)39-28(2,3)4,27(36)33-31-16-14-21-7-5-8-23(30)19-21)32-26(38-20)22-9-11-24(12-10-22)37-18-6-17-34/h5,7-12,19-20,31,34H,6,13-18H2,1-4H3,(H,33,36)/t20-,29-/m0/s1.